The first-order valence-electron chi connectivity index (χ1n) is 4.17. The van der Waals surface area contributed by atoms with Crippen LogP contribution in [0.2, 0.25) is 0 Å². The van der Waals surface area contributed by atoms with Crippen LogP contribution in [0.1, 0.15) is 20.8 Å². The Bertz CT molecular complexity index is 101. The Kier molecular flexibility index (Phi) is 2.69. The molecule has 0 radical (unpaired) electrons. The molecule has 1 heterocycles. The van der Waals surface area contributed by atoms with Crippen molar-refractivity contribution in [3.8, 4) is 0 Å². The molecular formula is C8H18N2. The lowest BCUT2D eigenvalue weighted by Crippen LogP contribution is -2.55. The highest BCUT2D eigenvalue weighted by atomic mass is 15.1. The third-order valence-electron chi connectivity index (χ3n) is 2.12. The van der Waals surface area contributed by atoms with Crippen LogP contribution in [0, 0.1) is 5.92 Å². The highest BCUT2D eigenvalue weighted by molar-refractivity contribution is 4.82. The monoisotopic (exact) mass is 142 g/mol. The van der Waals surface area contributed by atoms with Crippen molar-refractivity contribution >= 4 is 0 Å². The molecule has 10 heavy (non-hydrogen) atoms. The zero-order chi connectivity index (χ0) is 7.56. The predicted molar refractivity (Wildman–Crippen MR) is 44.1 cm³/mol. The van der Waals surface area contributed by atoms with Gasteiger partial charge in [0.15, 0.2) is 0 Å². The maximum Gasteiger partial charge on any atom is 0.0218 e. The topological polar surface area (TPSA) is 24.1 Å². The molecule has 0 bridgehead atoms. The summed E-state index contributed by atoms with van der Waals surface area (Å²) < 4.78 is 0. The number of hydrogen-bond donors (Lipinski definition) is 2. The van der Waals surface area contributed by atoms with Gasteiger partial charge in [-0.2, -0.15) is 0 Å². The molecule has 1 aliphatic rings. The van der Waals surface area contributed by atoms with Crippen molar-refractivity contribution < 1.29 is 0 Å². The standard InChI is InChI=1S/C8H18N2/c1-6(2)8-5-9-4-7(3)10-8/h6-10H,4-5H2,1-3H3/t7?,8-/m0/s1. The van der Waals surface area contributed by atoms with Gasteiger partial charge in [-0.1, -0.05) is 13.8 Å². The minimum atomic E-state index is 0.640. The zero-order valence-electron chi connectivity index (χ0n) is 7.15. The molecule has 0 saturated carbocycles. The van der Waals surface area contributed by atoms with Gasteiger partial charge in [-0.15, -0.1) is 0 Å². The fraction of sp³-hybridized carbons (Fsp3) is 1.00. The highest BCUT2D eigenvalue weighted by Crippen LogP contribution is 2.04. The van der Waals surface area contributed by atoms with E-state index in [-0.39, 0.29) is 0 Å². The summed E-state index contributed by atoms with van der Waals surface area (Å²) in [6.45, 7) is 8.99. The molecule has 60 valence electrons. The van der Waals surface area contributed by atoms with E-state index in [0.717, 1.165) is 19.0 Å². The van der Waals surface area contributed by atoms with E-state index < -0.39 is 0 Å². The predicted octanol–water partition coefficient (Wildman–Crippen LogP) is 0.592. The first-order valence-corrected chi connectivity index (χ1v) is 4.17. The Hall–Kier alpha value is -0.0800. The molecule has 0 aromatic heterocycles. The van der Waals surface area contributed by atoms with Gasteiger partial charge >= 0.3 is 0 Å². The molecule has 2 atom stereocenters. The molecule has 2 nitrogen and oxygen atoms in total. The van der Waals surface area contributed by atoms with E-state index in [1.54, 1.807) is 0 Å². The first kappa shape index (κ1) is 8.02. The Balaban J connectivity index is 2.32. The number of rotatable bonds is 1. The second kappa shape index (κ2) is 3.35. The lowest BCUT2D eigenvalue weighted by Gasteiger charge is -2.32. The summed E-state index contributed by atoms with van der Waals surface area (Å²) in [6.07, 6.45) is 0. The van der Waals surface area contributed by atoms with Crippen LogP contribution in [0.3, 0.4) is 0 Å². The third kappa shape index (κ3) is 1.96. The molecule has 1 rings (SSSR count). The van der Waals surface area contributed by atoms with Crippen LogP contribution in [-0.4, -0.2) is 25.2 Å². The average Bonchev–Trinajstić information content (AvgIpc) is 1.88. The van der Waals surface area contributed by atoms with Gasteiger partial charge < -0.3 is 10.6 Å². The van der Waals surface area contributed by atoms with Crippen molar-refractivity contribution in [2.45, 2.75) is 32.9 Å². The second-order valence-electron chi connectivity index (χ2n) is 3.58. The normalized spacial score (nSPS) is 34.8. The van der Waals surface area contributed by atoms with Crippen LogP contribution in [0.5, 0.6) is 0 Å². The van der Waals surface area contributed by atoms with Gasteiger partial charge in [-0.25, -0.2) is 0 Å². The van der Waals surface area contributed by atoms with Crippen molar-refractivity contribution in [1.29, 1.82) is 0 Å². The van der Waals surface area contributed by atoms with Gasteiger partial charge in [0, 0.05) is 25.2 Å². The quantitative estimate of drug-likeness (QED) is 0.560. The van der Waals surface area contributed by atoms with E-state index in [9.17, 15) is 0 Å². The molecule has 0 spiro atoms. The molecule has 0 aromatic carbocycles. The van der Waals surface area contributed by atoms with Gasteiger partial charge in [0.1, 0.15) is 0 Å². The van der Waals surface area contributed by atoms with Crippen molar-refractivity contribution in [1.82, 2.24) is 10.6 Å². The summed E-state index contributed by atoms with van der Waals surface area (Å²) >= 11 is 0. The van der Waals surface area contributed by atoms with Crippen molar-refractivity contribution in [3.63, 3.8) is 0 Å². The summed E-state index contributed by atoms with van der Waals surface area (Å²) in [5, 5.41) is 6.96. The maximum atomic E-state index is 3.55. The third-order valence-corrected chi connectivity index (χ3v) is 2.12. The van der Waals surface area contributed by atoms with Crippen molar-refractivity contribution in [3.05, 3.63) is 0 Å². The maximum absolute atomic E-state index is 3.55. The molecule has 1 aliphatic heterocycles. The molecule has 0 amide bonds. The van der Waals surface area contributed by atoms with Crippen molar-refractivity contribution in [2.75, 3.05) is 13.1 Å². The summed E-state index contributed by atoms with van der Waals surface area (Å²) in [7, 11) is 0. The summed E-state index contributed by atoms with van der Waals surface area (Å²) in [5.74, 6) is 0.746. The SMILES string of the molecule is CC1CNC[C@@H](C(C)C)N1. The summed E-state index contributed by atoms with van der Waals surface area (Å²) in [6, 6.07) is 1.31. The molecule has 2 heteroatoms. The van der Waals surface area contributed by atoms with Crippen LogP contribution < -0.4 is 10.6 Å². The van der Waals surface area contributed by atoms with Gasteiger partial charge in [0.05, 0.1) is 0 Å². The smallest absolute Gasteiger partial charge is 0.0218 e. The number of piperazine rings is 1. The van der Waals surface area contributed by atoms with Gasteiger partial charge in [0.25, 0.3) is 0 Å². The van der Waals surface area contributed by atoms with E-state index in [1.807, 2.05) is 0 Å². The molecule has 0 aromatic rings. The molecule has 1 saturated heterocycles. The fourth-order valence-corrected chi connectivity index (χ4v) is 1.37. The van der Waals surface area contributed by atoms with Crippen molar-refractivity contribution in [2.24, 2.45) is 5.92 Å². The largest absolute Gasteiger partial charge is 0.314 e. The van der Waals surface area contributed by atoms with E-state index in [1.165, 1.54) is 0 Å². The number of hydrogen-bond acceptors (Lipinski definition) is 2. The van der Waals surface area contributed by atoms with E-state index in [0.29, 0.717) is 12.1 Å². The molecule has 2 N–H and O–H groups in total. The highest BCUT2D eigenvalue weighted by Gasteiger charge is 2.19. The Morgan fingerprint density at radius 3 is 2.40 bits per heavy atom. The molecular weight excluding hydrogens is 124 g/mol. The summed E-state index contributed by atoms with van der Waals surface area (Å²) in [5.41, 5.74) is 0. The van der Waals surface area contributed by atoms with Crippen LogP contribution in [0.25, 0.3) is 0 Å². The lowest BCUT2D eigenvalue weighted by molar-refractivity contribution is 0.296. The second-order valence-corrected chi connectivity index (χ2v) is 3.58. The molecule has 0 aliphatic carbocycles. The van der Waals surface area contributed by atoms with Gasteiger partial charge in [0.2, 0.25) is 0 Å². The van der Waals surface area contributed by atoms with E-state index in [4.69, 9.17) is 0 Å². The molecule has 1 fully saturated rings. The zero-order valence-corrected chi connectivity index (χ0v) is 7.15. The summed E-state index contributed by atoms with van der Waals surface area (Å²) in [4.78, 5) is 0. The van der Waals surface area contributed by atoms with Crippen LogP contribution >= 0.6 is 0 Å². The van der Waals surface area contributed by atoms with Crippen LogP contribution in [-0.2, 0) is 0 Å². The van der Waals surface area contributed by atoms with E-state index in [2.05, 4.69) is 31.4 Å². The van der Waals surface area contributed by atoms with E-state index >= 15 is 0 Å². The fourth-order valence-electron chi connectivity index (χ4n) is 1.37. The minimum Gasteiger partial charge on any atom is -0.314 e. The molecule has 1 unspecified atom stereocenters. The number of nitrogens with one attached hydrogen (secondary N) is 2. The Labute approximate surface area is 63.4 Å². The Morgan fingerprint density at radius 2 is 2.00 bits per heavy atom. The average molecular weight is 142 g/mol. The Morgan fingerprint density at radius 1 is 1.30 bits per heavy atom. The van der Waals surface area contributed by atoms with Gasteiger partial charge in [-0.3, -0.25) is 0 Å². The van der Waals surface area contributed by atoms with Crippen LogP contribution in [0.15, 0.2) is 0 Å². The first-order chi connectivity index (χ1) is 4.70. The lowest BCUT2D eigenvalue weighted by atomic mass is 10.0. The van der Waals surface area contributed by atoms with Gasteiger partial charge in [-0.05, 0) is 12.8 Å². The minimum absolute atomic E-state index is 0.640. The van der Waals surface area contributed by atoms with Crippen LogP contribution in [0.4, 0.5) is 0 Å².